The van der Waals surface area contributed by atoms with Crippen molar-refractivity contribution in [2.45, 2.75) is 46.0 Å². The molecule has 0 aliphatic carbocycles. The Kier molecular flexibility index (Phi) is 10.1. The number of piperazine rings is 1. The molecule has 0 radical (unpaired) electrons. The second-order valence-electron chi connectivity index (χ2n) is 6.28. The lowest BCUT2D eigenvalue weighted by Gasteiger charge is -2.34. The second-order valence-corrected chi connectivity index (χ2v) is 6.28. The molecule has 0 bridgehead atoms. The van der Waals surface area contributed by atoms with Gasteiger partial charge in [-0.05, 0) is 25.2 Å². The van der Waals surface area contributed by atoms with Crippen LogP contribution in [0.25, 0.3) is 0 Å². The lowest BCUT2D eigenvalue weighted by molar-refractivity contribution is -0.120. The summed E-state index contributed by atoms with van der Waals surface area (Å²) in [4.78, 5) is 25.4. The van der Waals surface area contributed by atoms with E-state index in [4.69, 9.17) is 0 Å². The molecule has 2 heterocycles. The molecule has 0 spiro atoms. The van der Waals surface area contributed by atoms with Crippen LogP contribution in [0.4, 0.5) is 0 Å². The minimum Gasteiger partial charge on any atom is -0.345 e. The number of piperidine rings is 1. The molecule has 1 amide bonds. The topological polar surface area (TPSA) is 52.7 Å². The molecule has 5 nitrogen and oxygen atoms in total. The third-order valence-corrected chi connectivity index (χ3v) is 4.45. The molecule has 2 aliphatic rings. The van der Waals surface area contributed by atoms with E-state index in [0.717, 1.165) is 51.3 Å². The van der Waals surface area contributed by atoms with E-state index in [1.54, 1.807) is 0 Å². The van der Waals surface area contributed by atoms with Crippen molar-refractivity contribution >= 4 is 12.2 Å². The van der Waals surface area contributed by atoms with Crippen LogP contribution in [0, 0.1) is 5.92 Å². The van der Waals surface area contributed by atoms with Crippen molar-refractivity contribution in [1.29, 1.82) is 0 Å². The molecule has 0 aromatic carbocycles. The van der Waals surface area contributed by atoms with Crippen LogP contribution in [0.15, 0.2) is 0 Å². The fraction of sp³-hybridized carbons (Fsp3) is 0.882. The van der Waals surface area contributed by atoms with Gasteiger partial charge in [-0.2, -0.15) is 0 Å². The second kappa shape index (κ2) is 11.6. The highest BCUT2D eigenvalue weighted by Crippen LogP contribution is 2.17. The van der Waals surface area contributed by atoms with Gasteiger partial charge in [0.25, 0.3) is 0 Å². The lowest BCUT2D eigenvalue weighted by atomic mass is 9.96. The minimum absolute atomic E-state index is 0.377. The van der Waals surface area contributed by atoms with E-state index in [1.165, 1.54) is 32.5 Å². The molecular formula is C17H33N3O2. The molecule has 0 saturated carbocycles. The van der Waals surface area contributed by atoms with Gasteiger partial charge >= 0.3 is 0 Å². The van der Waals surface area contributed by atoms with Crippen LogP contribution >= 0.6 is 0 Å². The number of nitrogens with zero attached hydrogens (tertiary/aromatic N) is 2. The summed E-state index contributed by atoms with van der Waals surface area (Å²) in [6.07, 6.45) is 5.81. The molecule has 2 saturated heterocycles. The average molecular weight is 311 g/mol. The first kappa shape index (κ1) is 19.1. The van der Waals surface area contributed by atoms with Crippen molar-refractivity contribution in [3.05, 3.63) is 0 Å². The monoisotopic (exact) mass is 311 g/mol. The molecule has 0 unspecified atom stereocenters. The van der Waals surface area contributed by atoms with Gasteiger partial charge in [-0.3, -0.25) is 9.59 Å². The molecule has 2 rings (SSSR count). The normalized spacial score (nSPS) is 20.2. The number of rotatable bonds is 6. The summed E-state index contributed by atoms with van der Waals surface area (Å²) in [5.74, 6) is 1.18. The number of hydrogen-bond acceptors (Lipinski definition) is 4. The molecule has 2 aliphatic heterocycles. The van der Waals surface area contributed by atoms with Crippen LogP contribution < -0.4 is 5.32 Å². The zero-order chi connectivity index (χ0) is 16.2. The van der Waals surface area contributed by atoms with E-state index in [-0.39, 0.29) is 0 Å². The van der Waals surface area contributed by atoms with Crippen LogP contribution in [0.3, 0.4) is 0 Å². The van der Waals surface area contributed by atoms with Gasteiger partial charge in [0, 0.05) is 58.7 Å². The van der Waals surface area contributed by atoms with E-state index < -0.39 is 0 Å². The Morgan fingerprint density at radius 2 is 1.77 bits per heavy atom. The minimum atomic E-state index is 0.377. The number of Topliss-reactive ketones (excluding diaryl/α,β-unsaturated/α-hetero) is 1. The number of likely N-dealkylation sites (tertiary alicyclic amines) is 1. The maximum absolute atomic E-state index is 10.6. The first-order valence-electron chi connectivity index (χ1n) is 8.83. The highest BCUT2D eigenvalue weighted by molar-refractivity contribution is 5.77. The summed E-state index contributed by atoms with van der Waals surface area (Å²) in [5, 5.41) is 3.37. The Hall–Kier alpha value is -0.940. The van der Waals surface area contributed by atoms with Crippen LogP contribution in [0.1, 0.15) is 46.0 Å². The highest BCUT2D eigenvalue weighted by Gasteiger charge is 2.21. The summed E-state index contributed by atoms with van der Waals surface area (Å²) in [6, 6.07) is 0. The summed E-state index contributed by atoms with van der Waals surface area (Å²) in [7, 11) is 0. The average Bonchev–Trinajstić information content (AvgIpc) is 2.57. The molecular weight excluding hydrogens is 278 g/mol. The van der Waals surface area contributed by atoms with Gasteiger partial charge in [0.05, 0.1) is 0 Å². The predicted octanol–water partition coefficient (Wildman–Crippen LogP) is 1.53. The maximum atomic E-state index is 10.6. The third-order valence-electron chi connectivity index (χ3n) is 4.45. The summed E-state index contributed by atoms with van der Waals surface area (Å²) < 4.78 is 0. The van der Waals surface area contributed by atoms with E-state index in [0.29, 0.717) is 12.2 Å². The van der Waals surface area contributed by atoms with Crippen molar-refractivity contribution in [3.63, 3.8) is 0 Å². The predicted molar refractivity (Wildman–Crippen MR) is 89.9 cm³/mol. The Balaban J connectivity index is 0.000000295. The van der Waals surface area contributed by atoms with E-state index >= 15 is 0 Å². The standard InChI is InChI=1S/C11H21N3O.C6H12O/c15-10-14-5-1-11(2-6-14)9-13-7-3-12-4-8-13;1-3-5-6(7)4-2/h10-12H,1-9H2;3-5H2,1-2H3. The molecule has 128 valence electrons. The number of carbonyl (C=O) groups excluding carboxylic acids is 2. The molecule has 0 aromatic heterocycles. The number of hydrogen-bond donors (Lipinski definition) is 1. The van der Waals surface area contributed by atoms with Gasteiger partial charge in [0.1, 0.15) is 5.78 Å². The van der Waals surface area contributed by atoms with Crippen LogP contribution in [-0.4, -0.2) is 67.8 Å². The van der Waals surface area contributed by atoms with Gasteiger partial charge in [-0.25, -0.2) is 0 Å². The van der Waals surface area contributed by atoms with Crippen LogP contribution in [0.2, 0.25) is 0 Å². The van der Waals surface area contributed by atoms with Crippen molar-refractivity contribution < 1.29 is 9.59 Å². The Labute approximate surface area is 135 Å². The van der Waals surface area contributed by atoms with Crippen molar-refractivity contribution in [3.8, 4) is 0 Å². The largest absolute Gasteiger partial charge is 0.345 e. The summed E-state index contributed by atoms with van der Waals surface area (Å²) in [5.41, 5.74) is 0. The zero-order valence-corrected chi connectivity index (χ0v) is 14.4. The van der Waals surface area contributed by atoms with E-state index in [2.05, 4.69) is 10.2 Å². The number of nitrogens with one attached hydrogen (secondary N) is 1. The zero-order valence-electron chi connectivity index (χ0n) is 14.4. The van der Waals surface area contributed by atoms with Crippen LogP contribution in [0.5, 0.6) is 0 Å². The van der Waals surface area contributed by atoms with Gasteiger partial charge in [-0.1, -0.05) is 13.8 Å². The van der Waals surface area contributed by atoms with Gasteiger partial charge in [-0.15, -0.1) is 0 Å². The van der Waals surface area contributed by atoms with Crippen molar-refractivity contribution in [2.24, 2.45) is 5.92 Å². The molecule has 5 heteroatoms. The molecule has 22 heavy (non-hydrogen) atoms. The summed E-state index contributed by atoms with van der Waals surface area (Å²) in [6.45, 7) is 11.7. The molecule has 0 aromatic rings. The molecule has 0 atom stereocenters. The van der Waals surface area contributed by atoms with Crippen molar-refractivity contribution in [1.82, 2.24) is 15.1 Å². The van der Waals surface area contributed by atoms with Gasteiger partial charge < -0.3 is 15.1 Å². The Morgan fingerprint density at radius 3 is 2.23 bits per heavy atom. The smallest absolute Gasteiger partial charge is 0.209 e. The lowest BCUT2D eigenvalue weighted by Crippen LogP contribution is -2.46. The summed E-state index contributed by atoms with van der Waals surface area (Å²) >= 11 is 0. The first-order valence-corrected chi connectivity index (χ1v) is 8.83. The first-order chi connectivity index (χ1) is 10.7. The Morgan fingerprint density at radius 1 is 1.14 bits per heavy atom. The van der Waals surface area contributed by atoms with Gasteiger partial charge in [0.2, 0.25) is 6.41 Å². The fourth-order valence-electron chi connectivity index (χ4n) is 2.96. The fourth-order valence-corrected chi connectivity index (χ4v) is 2.96. The quantitative estimate of drug-likeness (QED) is 0.756. The van der Waals surface area contributed by atoms with Crippen molar-refractivity contribution in [2.75, 3.05) is 45.8 Å². The van der Waals surface area contributed by atoms with E-state index in [1.807, 2.05) is 18.7 Å². The number of amides is 1. The SMILES string of the molecule is CCCC(=O)CC.O=CN1CCC(CN2CCNCC2)CC1. The van der Waals surface area contributed by atoms with E-state index in [9.17, 15) is 9.59 Å². The third kappa shape index (κ3) is 7.90. The number of ketones is 1. The van der Waals surface area contributed by atoms with Crippen LogP contribution in [-0.2, 0) is 9.59 Å². The highest BCUT2D eigenvalue weighted by atomic mass is 16.1. The Bertz CT molecular complexity index is 309. The molecule has 1 N–H and O–H groups in total. The maximum Gasteiger partial charge on any atom is 0.209 e. The number of carbonyl (C=O) groups is 2. The van der Waals surface area contributed by atoms with Gasteiger partial charge in [0.15, 0.2) is 0 Å². The molecule has 2 fully saturated rings.